The maximum Gasteiger partial charge on any atom is 0.318 e. The number of benzene rings is 1. The Hall–Kier alpha value is -2.46. The molecule has 2 aliphatic carbocycles. The van der Waals surface area contributed by atoms with Crippen molar-refractivity contribution in [3.05, 3.63) is 28.8 Å². The minimum atomic E-state index is -3.49. The molecule has 1 saturated heterocycles. The Kier molecular flexibility index (Phi) is 6.85. The summed E-state index contributed by atoms with van der Waals surface area (Å²) in [6.45, 7) is 4.46. The third kappa shape index (κ3) is 5.02. The minimum Gasteiger partial charge on any atom is -0.351 e. The summed E-state index contributed by atoms with van der Waals surface area (Å²) < 4.78 is 28.0. The second-order valence-electron chi connectivity index (χ2n) is 11.6. The lowest BCUT2D eigenvalue weighted by Gasteiger charge is -2.35. The number of anilines is 1. The van der Waals surface area contributed by atoms with Crippen molar-refractivity contribution in [2.45, 2.75) is 70.8 Å². The Balaban J connectivity index is 1.22. The fraction of sp³-hybridized carbons (Fsp3) is 0.667. The van der Waals surface area contributed by atoms with Crippen molar-refractivity contribution in [3.8, 4) is 0 Å². The van der Waals surface area contributed by atoms with E-state index in [-0.39, 0.29) is 11.7 Å². The SMILES string of the molecule is Cc1cc(N(C)C(N)=O)cc(C)c1CCS(=O)(=O)N1CCC2(CC1)N=C(C1C[C@H]3CC[C@@H](C1)C3)NC2=O. The molecule has 2 saturated carbocycles. The van der Waals surface area contributed by atoms with E-state index in [4.69, 9.17) is 10.7 Å². The number of nitrogens with zero attached hydrogens (tertiary/aromatic N) is 3. The highest BCUT2D eigenvalue weighted by atomic mass is 32.2. The van der Waals surface area contributed by atoms with Crippen molar-refractivity contribution < 1.29 is 18.0 Å². The molecule has 3 N–H and O–H groups in total. The van der Waals surface area contributed by atoms with Crippen LogP contribution in [0.3, 0.4) is 0 Å². The van der Waals surface area contributed by atoms with Gasteiger partial charge in [-0.15, -0.1) is 0 Å². The van der Waals surface area contributed by atoms with E-state index in [1.807, 2.05) is 26.0 Å². The first kappa shape index (κ1) is 26.2. The number of hydrogen-bond donors (Lipinski definition) is 2. The largest absolute Gasteiger partial charge is 0.351 e. The van der Waals surface area contributed by atoms with E-state index in [1.165, 1.54) is 28.5 Å². The summed E-state index contributed by atoms with van der Waals surface area (Å²) >= 11 is 0. The Morgan fingerprint density at radius 3 is 2.30 bits per heavy atom. The smallest absolute Gasteiger partial charge is 0.318 e. The molecule has 37 heavy (non-hydrogen) atoms. The maximum atomic E-state index is 13.2. The van der Waals surface area contributed by atoms with Gasteiger partial charge in [-0.2, -0.15) is 0 Å². The van der Waals surface area contributed by atoms with Gasteiger partial charge in [0.25, 0.3) is 5.91 Å². The molecule has 9 nitrogen and oxygen atoms in total. The zero-order valence-electron chi connectivity index (χ0n) is 22.1. The summed E-state index contributed by atoms with van der Waals surface area (Å²) in [5.74, 6) is 2.67. The van der Waals surface area contributed by atoms with E-state index >= 15 is 0 Å². The summed E-state index contributed by atoms with van der Waals surface area (Å²) in [5.41, 5.74) is 8.08. The Morgan fingerprint density at radius 1 is 1.14 bits per heavy atom. The summed E-state index contributed by atoms with van der Waals surface area (Å²) in [4.78, 5) is 30.8. The first-order chi connectivity index (χ1) is 17.5. The molecule has 2 aliphatic heterocycles. The molecule has 4 aliphatic rings. The van der Waals surface area contributed by atoms with Crippen molar-refractivity contribution in [2.24, 2.45) is 28.5 Å². The van der Waals surface area contributed by atoms with Gasteiger partial charge in [0.2, 0.25) is 10.0 Å². The van der Waals surface area contributed by atoms with Crippen LogP contribution in [0.15, 0.2) is 17.1 Å². The van der Waals surface area contributed by atoms with Gasteiger partial charge in [-0.3, -0.25) is 14.7 Å². The third-order valence-corrected chi connectivity index (χ3v) is 11.1. The number of primary amides is 1. The molecule has 2 heterocycles. The zero-order valence-corrected chi connectivity index (χ0v) is 22.9. The van der Waals surface area contributed by atoms with Crippen LogP contribution in [0.5, 0.6) is 0 Å². The first-order valence-corrected chi connectivity index (χ1v) is 15.1. The summed E-state index contributed by atoms with van der Waals surface area (Å²) in [7, 11) is -1.88. The number of carbonyl (C=O) groups is 2. The molecule has 202 valence electrons. The van der Waals surface area contributed by atoms with Crippen LogP contribution in [0.25, 0.3) is 0 Å². The topological polar surface area (TPSA) is 125 Å². The van der Waals surface area contributed by atoms with Gasteiger partial charge in [-0.25, -0.2) is 17.5 Å². The van der Waals surface area contributed by atoms with Crippen LogP contribution in [0.2, 0.25) is 0 Å². The molecule has 0 aromatic heterocycles. The van der Waals surface area contributed by atoms with E-state index in [2.05, 4.69) is 5.32 Å². The number of fused-ring (bicyclic) bond motifs is 2. The van der Waals surface area contributed by atoms with Crippen LogP contribution in [-0.2, 0) is 21.2 Å². The molecule has 3 fully saturated rings. The summed E-state index contributed by atoms with van der Waals surface area (Å²) in [6.07, 6.45) is 7.39. The number of carbonyl (C=O) groups excluding carboxylic acids is 2. The van der Waals surface area contributed by atoms with Gasteiger partial charge in [0.1, 0.15) is 11.4 Å². The van der Waals surface area contributed by atoms with E-state index < -0.39 is 21.6 Å². The molecular weight excluding hydrogens is 490 g/mol. The molecular formula is C27H39N5O4S. The lowest BCUT2D eigenvalue weighted by Crippen LogP contribution is -2.51. The van der Waals surface area contributed by atoms with Crippen molar-refractivity contribution in [1.29, 1.82) is 0 Å². The van der Waals surface area contributed by atoms with Gasteiger partial charge in [-0.05, 0) is 93.0 Å². The van der Waals surface area contributed by atoms with Gasteiger partial charge < -0.3 is 11.1 Å². The second kappa shape index (κ2) is 9.69. The molecule has 10 heteroatoms. The Morgan fingerprint density at radius 2 is 1.73 bits per heavy atom. The van der Waals surface area contributed by atoms with Gasteiger partial charge in [0.05, 0.1) is 5.75 Å². The number of hydrogen-bond acceptors (Lipinski definition) is 5. The van der Waals surface area contributed by atoms with Crippen LogP contribution in [-0.4, -0.2) is 61.9 Å². The summed E-state index contributed by atoms with van der Waals surface area (Å²) in [5, 5.41) is 3.10. The molecule has 2 bridgehead atoms. The monoisotopic (exact) mass is 529 g/mol. The molecule has 1 spiro atoms. The zero-order chi connectivity index (χ0) is 26.5. The van der Waals surface area contributed by atoms with E-state index in [0.29, 0.717) is 44.0 Å². The molecule has 1 aromatic carbocycles. The normalized spacial score (nSPS) is 27.3. The van der Waals surface area contributed by atoms with Crippen LogP contribution < -0.4 is 16.0 Å². The van der Waals surface area contributed by atoms with Crippen molar-refractivity contribution >= 4 is 33.5 Å². The lowest BCUT2D eigenvalue weighted by molar-refractivity contribution is -0.125. The van der Waals surface area contributed by atoms with Gasteiger partial charge in [-0.1, -0.05) is 12.8 Å². The number of amides is 3. The van der Waals surface area contributed by atoms with Gasteiger partial charge >= 0.3 is 6.03 Å². The van der Waals surface area contributed by atoms with Crippen molar-refractivity contribution in [2.75, 3.05) is 30.8 Å². The average Bonchev–Trinajstić information content (AvgIpc) is 3.35. The number of nitrogens with two attached hydrogens (primary N) is 1. The van der Waals surface area contributed by atoms with E-state index in [0.717, 1.165) is 47.2 Å². The summed E-state index contributed by atoms with van der Waals surface area (Å²) in [6, 6.07) is 3.17. The third-order valence-electron chi connectivity index (χ3n) is 9.22. The molecule has 5 rings (SSSR count). The highest BCUT2D eigenvalue weighted by Gasteiger charge is 2.49. The number of aliphatic imine (C=N–C) groups is 1. The minimum absolute atomic E-state index is 0.00174. The quantitative estimate of drug-likeness (QED) is 0.588. The van der Waals surface area contributed by atoms with Gasteiger partial charge in [0.15, 0.2) is 0 Å². The van der Waals surface area contributed by atoms with Crippen molar-refractivity contribution in [3.63, 3.8) is 0 Å². The standard InChI is InChI=1S/C27H39N5O4S/c1-17-12-22(31(3)26(28)34)13-18(2)23(17)6-11-37(35,36)32-9-7-27(8-10-32)25(33)29-24(30-27)21-15-19-4-5-20(14-19)16-21/h12-13,19-21H,4-11,14-16H2,1-3H3,(H2,28,34)(H,29,30,33)/t19-,20+,21?. The van der Waals surface area contributed by atoms with Crippen LogP contribution in [0, 0.1) is 31.6 Å². The van der Waals surface area contributed by atoms with Crippen LogP contribution in [0.4, 0.5) is 10.5 Å². The number of piperidine rings is 1. The molecule has 3 amide bonds. The fourth-order valence-electron chi connectivity index (χ4n) is 6.99. The predicted molar refractivity (Wildman–Crippen MR) is 144 cm³/mol. The average molecular weight is 530 g/mol. The fourth-order valence-corrected chi connectivity index (χ4v) is 8.44. The van der Waals surface area contributed by atoms with Crippen LogP contribution in [0.1, 0.15) is 61.6 Å². The highest BCUT2D eigenvalue weighted by molar-refractivity contribution is 7.89. The number of sulfonamides is 1. The van der Waals surface area contributed by atoms with Gasteiger partial charge in [0, 0.05) is 31.7 Å². The Bertz CT molecular complexity index is 1200. The maximum absolute atomic E-state index is 13.2. The lowest BCUT2D eigenvalue weighted by atomic mass is 9.80. The molecule has 1 unspecified atom stereocenters. The number of rotatable bonds is 6. The molecule has 1 aromatic rings. The number of urea groups is 1. The number of amidine groups is 1. The highest BCUT2D eigenvalue weighted by Crippen LogP contribution is 2.46. The van der Waals surface area contributed by atoms with Crippen LogP contribution >= 0.6 is 0 Å². The molecule has 0 radical (unpaired) electrons. The van der Waals surface area contributed by atoms with Crippen molar-refractivity contribution in [1.82, 2.24) is 9.62 Å². The Labute approximate surface area is 219 Å². The second-order valence-corrected chi connectivity index (χ2v) is 13.7. The number of aryl methyl sites for hydroxylation is 2. The van der Waals surface area contributed by atoms with E-state index in [9.17, 15) is 18.0 Å². The first-order valence-electron chi connectivity index (χ1n) is 13.5. The number of nitrogens with one attached hydrogen (secondary N) is 1. The molecule has 3 atom stereocenters. The van der Waals surface area contributed by atoms with E-state index in [1.54, 1.807) is 7.05 Å². The predicted octanol–water partition coefficient (Wildman–Crippen LogP) is 2.88.